The summed E-state index contributed by atoms with van der Waals surface area (Å²) >= 11 is 0. The van der Waals surface area contributed by atoms with Gasteiger partial charge in [0.1, 0.15) is 0 Å². The van der Waals surface area contributed by atoms with E-state index in [2.05, 4.69) is 26.0 Å². The fourth-order valence-corrected chi connectivity index (χ4v) is 2.50. The number of rotatable bonds is 1. The SMILES string of the molecule is Cc1cc2c(cc1C)C(=O)C(C)(N(C)C)CC2. The number of aryl methyl sites for hydroxylation is 3. The molecule has 17 heavy (non-hydrogen) atoms. The second-order valence-electron chi connectivity index (χ2n) is 5.59. The maximum Gasteiger partial charge on any atom is 0.183 e. The molecule has 0 N–H and O–H groups in total. The predicted octanol–water partition coefficient (Wildman–Crippen LogP) is 2.75. The van der Waals surface area contributed by atoms with Gasteiger partial charge < -0.3 is 0 Å². The predicted molar refractivity (Wildman–Crippen MR) is 70.7 cm³/mol. The lowest BCUT2D eigenvalue weighted by atomic mass is 9.76. The van der Waals surface area contributed by atoms with Crippen molar-refractivity contribution < 1.29 is 4.79 Å². The highest BCUT2D eigenvalue weighted by molar-refractivity contribution is 6.05. The van der Waals surface area contributed by atoms with Gasteiger partial charge in [0, 0.05) is 5.56 Å². The van der Waals surface area contributed by atoms with Crippen LogP contribution >= 0.6 is 0 Å². The van der Waals surface area contributed by atoms with E-state index in [-0.39, 0.29) is 11.3 Å². The molecule has 1 atom stereocenters. The van der Waals surface area contributed by atoms with Crippen LogP contribution in [0.2, 0.25) is 0 Å². The van der Waals surface area contributed by atoms with E-state index in [1.165, 1.54) is 16.7 Å². The molecule has 1 aliphatic carbocycles. The van der Waals surface area contributed by atoms with Crippen LogP contribution in [-0.4, -0.2) is 30.3 Å². The van der Waals surface area contributed by atoms with Gasteiger partial charge in [-0.2, -0.15) is 0 Å². The first-order valence-corrected chi connectivity index (χ1v) is 6.18. The van der Waals surface area contributed by atoms with E-state index in [9.17, 15) is 4.79 Å². The number of Topliss-reactive ketones (excluding diaryl/α,β-unsaturated/α-hetero) is 1. The summed E-state index contributed by atoms with van der Waals surface area (Å²) in [6, 6.07) is 4.24. The Morgan fingerprint density at radius 3 is 2.35 bits per heavy atom. The van der Waals surface area contributed by atoms with Crippen LogP contribution in [0, 0.1) is 13.8 Å². The molecule has 0 aliphatic heterocycles. The molecule has 1 aliphatic rings. The van der Waals surface area contributed by atoms with E-state index >= 15 is 0 Å². The van der Waals surface area contributed by atoms with E-state index in [0.717, 1.165) is 18.4 Å². The normalized spacial score (nSPS) is 24.0. The summed E-state index contributed by atoms with van der Waals surface area (Å²) in [5.41, 5.74) is 4.30. The molecule has 2 nitrogen and oxygen atoms in total. The zero-order valence-corrected chi connectivity index (χ0v) is 11.4. The number of ketones is 1. The minimum Gasteiger partial charge on any atom is -0.297 e. The highest BCUT2D eigenvalue weighted by Crippen LogP contribution is 2.33. The van der Waals surface area contributed by atoms with Crippen molar-refractivity contribution in [3.63, 3.8) is 0 Å². The minimum absolute atomic E-state index is 0.270. The molecule has 92 valence electrons. The Labute approximate surface area is 104 Å². The quantitative estimate of drug-likeness (QED) is 0.740. The molecular formula is C15H21NO. The van der Waals surface area contributed by atoms with Crippen LogP contribution in [0.4, 0.5) is 0 Å². The molecule has 0 aromatic heterocycles. The second kappa shape index (κ2) is 3.95. The number of carbonyl (C=O) groups is 1. The lowest BCUT2D eigenvalue weighted by molar-refractivity contribution is 0.0679. The monoisotopic (exact) mass is 231 g/mol. The number of nitrogens with zero attached hydrogens (tertiary/aromatic N) is 1. The van der Waals surface area contributed by atoms with Gasteiger partial charge in [-0.05, 0) is 70.5 Å². The van der Waals surface area contributed by atoms with E-state index < -0.39 is 0 Å². The molecule has 0 amide bonds. The van der Waals surface area contributed by atoms with Gasteiger partial charge in [0.05, 0.1) is 5.54 Å². The molecule has 0 bridgehead atoms. The van der Waals surface area contributed by atoms with Gasteiger partial charge in [-0.1, -0.05) is 6.07 Å². The smallest absolute Gasteiger partial charge is 0.183 e. The molecule has 0 radical (unpaired) electrons. The third kappa shape index (κ3) is 1.81. The summed E-state index contributed by atoms with van der Waals surface area (Å²) in [6.45, 7) is 6.23. The Hall–Kier alpha value is -1.15. The van der Waals surface area contributed by atoms with Crippen LogP contribution in [-0.2, 0) is 6.42 Å². The third-order valence-corrected chi connectivity index (χ3v) is 4.32. The standard InChI is InChI=1S/C15H21NO/c1-10-8-12-6-7-15(3,16(4)5)14(17)13(12)9-11(10)2/h8-9H,6-7H2,1-5H3. The molecule has 1 aromatic rings. The van der Waals surface area contributed by atoms with Crippen molar-refractivity contribution in [2.45, 2.75) is 39.2 Å². The van der Waals surface area contributed by atoms with Crippen LogP contribution in [0.1, 0.15) is 40.4 Å². The number of benzene rings is 1. The number of carbonyl (C=O) groups excluding carboxylic acids is 1. The van der Waals surface area contributed by atoms with Crippen molar-refractivity contribution in [2.75, 3.05) is 14.1 Å². The maximum atomic E-state index is 12.6. The largest absolute Gasteiger partial charge is 0.297 e. The van der Waals surface area contributed by atoms with E-state index in [4.69, 9.17) is 0 Å². The van der Waals surface area contributed by atoms with Gasteiger partial charge >= 0.3 is 0 Å². The lowest BCUT2D eigenvalue weighted by Crippen LogP contribution is -2.51. The fraction of sp³-hybridized carbons (Fsp3) is 0.533. The highest BCUT2D eigenvalue weighted by Gasteiger charge is 2.40. The van der Waals surface area contributed by atoms with Gasteiger partial charge in [-0.15, -0.1) is 0 Å². The van der Waals surface area contributed by atoms with Crippen LogP contribution in [0.15, 0.2) is 12.1 Å². The van der Waals surface area contributed by atoms with Crippen LogP contribution < -0.4 is 0 Å². The van der Waals surface area contributed by atoms with Crippen molar-refractivity contribution in [1.82, 2.24) is 4.90 Å². The van der Waals surface area contributed by atoms with Crippen molar-refractivity contribution in [2.24, 2.45) is 0 Å². The molecule has 0 heterocycles. The highest BCUT2D eigenvalue weighted by atomic mass is 16.1. The van der Waals surface area contributed by atoms with Gasteiger partial charge in [0.2, 0.25) is 0 Å². The van der Waals surface area contributed by atoms with Gasteiger partial charge in [0.15, 0.2) is 5.78 Å². The van der Waals surface area contributed by atoms with Crippen LogP contribution in [0.3, 0.4) is 0 Å². The average Bonchev–Trinajstić information content (AvgIpc) is 2.27. The average molecular weight is 231 g/mol. The van der Waals surface area contributed by atoms with Crippen LogP contribution in [0.25, 0.3) is 0 Å². The molecule has 0 fully saturated rings. The Kier molecular flexibility index (Phi) is 2.86. The van der Waals surface area contributed by atoms with E-state index in [1.54, 1.807) is 0 Å². The number of fused-ring (bicyclic) bond motifs is 1. The molecule has 0 saturated heterocycles. The summed E-state index contributed by atoms with van der Waals surface area (Å²) in [5.74, 6) is 0.270. The Morgan fingerprint density at radius 2 is 1.76 bits per heavy atom. The number of likely N-dealkylation sites (N-methyl/N-ethyl adjacent to an activating group) is 1. The summed E-state index contributed by atoms with van der Waals surface area (Å²) in [5, 5.41) is 0. The molecule has 0 spiro atoms. The fourth-order valence-electron chi connectivity index (χ4n) is 2.50. The zero-order valence-electron chi connectivity index (χ0n) is 11.4. The van der Waals surface area contributed by atoms with Crippen molar-refractivity contribution in [1.29, 1.82) is 0 Å². The molecule has 0 saturated carbocycles. The zero-order chi connectivity index (χ0) is 12.8. The minimum atomic E-state index is -0.339. The first-order valence-electron chi connectivity index (χ1n) is 6.18. The van der Waals surface area contributed by atoms with Crippen LogP contribution in [0.5, 0.6) is 0 Å². The Morgan fingerprint density at radius 1 is 1.18 bits per heavy atom. The first-order chi connectivity index (χ1) is 7.86. The number of hydrogen-bond donors (Lipinski definition) is 0. The van der Waals surface area contributed by atoms with Crippen molar-refractivity contribution in [3.8, 4) is 0 Å². The lowest BCUT2D eigenvalue weighted by Gasteiger charge is -2.39. The Bertz CT molecular complexity index is 476. The van der Waals surface area contributed by atoms with E-state index in [1.807, 2.05) is 25.9 Å². The van der Waals surface area contributed by atoms with Crippen molar-refractivity contribution in [3.05, 3.63) is 34.4 Å². The second-order valence-corrected chi connectivity index (χ2v) is 5.59. The molecule has 1 unspecified atom stereocenters. The topological polar surface area (TPSA) is 20.3 Å². The first kappa shape index (κ1) is 12.3. The van der Waals surface area contributed by atoms with Gasteiger partial charge in [0.25, 0.3) is 0 Å². The number of hydrogen-bond acceptors (Lipinski definition) is 2. The summed E-state index contributed by atoms with van der Waals surface area (Å²) < 4.78 is 0. The Balaban J connectivity index is 2.53. The maximum absolute atomic E-state index is 12.6. The van der Waals surface area contributed by atoms with Gasteiger partial charge in [-0.3, -0.25) is 9.69 Å². The van der Waals surface area contributed by atoms with Gasteiger partial charge in [-0.25, -0.2) is 0 Å². The van der Waals surface area contributed by atoms with E-state index in [0.29, 0.717) is 0 Å². The summed E-state index contributed by atoms with van der Waals surface area (Å²) in [4.78, 5) is 14.7. The molecule has 2 heteroatoms. The molecule has 2 rings (SSSR count). The molecule has 1 aromatic carbocycles. The van der Waals surface area contributed by atoms with Crippen molar-refractivity contribution >= 4 is 5.78 Å². The molecular weight excluding hydrogens is 210 g/mol. The third-order valence-electron chi connectivity index (χ3n) is 4.32. The summed E-state index contributed by atoms with van der Waals surface area (Å²) in [6.07, 6.45) is 1.91. The summed E-state index contributed by atoms with van der Waals surface area (Å²) in [7, 11) is 3.98.